The van der Waals surface area contributed by atoms with E-state index in [4.69, 9.17) is 5.11 Å². The zero-order valence-corrected chi connectivity index (χ0v) is 11.6. The molecule has 17 heavy (non-hydrogen) atoms. The molecule has 0 aliphatic carbocycles. The average Bonchev–Trinajstić information content (AvgIpc) is 2.33. The minimum atomic E-state index is -0.230. The molecule has 3 heteroatoms. The third kappa shape index (κ3) is 12.1. The van der Waals surface area contributed by atoms with Crippen LogP contribution in [0, 0.1) is 5.92 Å². The maximum Gasteiger partial charge on any atom is 0.0664 e. The molecule has 0 aromatic heterocycles. The number of nitrogens with one attached hydrogen (secondary N) is 1. The van der Waals surface area contributed by atoms with Gasteiger partial charge in [0.25, 0.3) is 0 Å². The molecule has 0 amide bonds. The fourth-order valence-corrected chi connectivity index (χ4v) is 1.82. The Kier molecular flexibility index (Phi) is 12.3. The standard InChI is InChI=1S/C14H31NO2/c1-3-4-5-6-7-8-9-14(17)11-15-10-13(2)12-16/h13-17H,3-12H2,1-2H3. The van der Waals surface area contributed by atoms with Gasteiger partial charge in [0.2, 0.25) is 0 Å². The Hall–Kier alpha value is -0.120. The molecule has 3 nitrogen and oxygen atoms in total. The highest BCUT2D eigenvalue weighted by molar-refractivity contribution is 4.62. The SMILES string of the molecule is CCCCCCCCC(O)CNCC(C)CO. The molecule has 0 aliphatic rings. The number of hydrogen-bond acceptors (Lipinski definition) is 3. The Bertz CT molecular complexity index is 153. The first-order valence-corrected chi connectivity index (χ1v) is 7.20. The van der Waals surface area contributed by atoms with Crippen LogP contribution in [0.4, 0.5) is 0 Å². The van der Waals surface area contributed by atoms with Gasteiger partial charge in [-0.2, -0.15) is 0 Å². The summed E-state index contributed by atoms with van der Waals surface area (Å²) in [5, 5.41) is 21.7. The maximum absolute atomic E-state index is 9.71. The zero-order chi connectivity index (χ0) is 12.9. The largest absolute Gasteiger partial charge is 0.396 e. The third-order valence-corrected chi connectivity index (χ3v) is 3.08. The van der Waals surface area contributed by atoms with Gasteiger partial charge in [-0.3, -0.25) is 0 Å². The fraction of sp³-hybridized carbons (Fsp3) is 1.00. The van der Waals surface area contributed by atoms with Crippen molar-refractivity contribution in [2.24, 2.45) is 5.92 Å². The molecule has 0 aromatic rings. The van der Waals surface area contributed by atoms with E-state index in [1.54, 1.807) is 0 Å². The van der Waals surface area contributed by atoms with E-state index in [2.05, 4.69) is 12.2 Å². The number of rotatable bonds is 12. The van der Waals surface area contributed by atoms with E-state index in [1.807, 2.05) is 6.92 Å². The predicted molar refractivity (Wildman–Crippen MR) is 73.1 cm³/mol. The molecule has 104 valence electrons. The van der Waals surface area contributed by atoms with Crippen LogP contribution < -0.4 is 5.32 Å². The topological polar surface area (TPSA) is 52.5 Å². The highest BCUT2D eigenvalue weighted by Crippen LogP contribution is 2.08. The molecule has 0 radical (unpaired) electrons. The van der Waals surface area contributed by atoms with E-state index in [9.17, 15) is 5.11 Å². The Morgan fingerprint density at radius 1 is 1.00 bits per heavy atom. The molecule has 0 saturated heterocycles. The van der Waals surface area contributed by atoms with Gasteiger partial charge >= 0.3 is 0 Å². The molecule has 0 fully saturated rings. The van der Waals surface area contributed by atoms with Crippen molar-refractivity contribution >= 4 is 0 Å². The molecule has 2 unspecified atom stereocenters. The summed E-state index contributed by atoms with van der Waals surface area (Å²) in [6.07, 6.45) is 8.29. The van der Waals surface area contributed by atoms with Crippen molar-refractivity contribution < 1.29 is 10.2 Å². The lowest BCUT2D eigenvalue weighted by Crippen LogP contribution is -2.31. The van der Waals surface area contributed by atoms with Gasteiger partial charge in [0.05, 0.1) is 6.10 Å². The molecular weight excluding hydrogens is 214 g/mol. The first kappa shape index (κ1) is 16.9. The molecule has 0 aliphatic heterocycles. The predicted octanol–water partition coefficient (Wildman–Crippen LogP) is 2.32. The monoisotopic (exact) mass is 245 g/mol. The summed E-state index contributed by atoms with van der Waals surface area (Å²) < 4.78 is 0. The molecule has 0 bridgehead atoms. The Balaban J connectivity index is 3.20. The molecular formula is C14H31NO2. The van der Waals surface area contributed by atoms with Gasteiger partial charge in [-0.15, -0.1) is 0 Å². The Morgan fingerprint density at radius 3 is 2.29 bits per heavy atom. The summed E-state index contributed by atoms with van der Waals surface area (Å²) in [7, 11) is 0. The lowest BCUT2D eigenvalue weighted by atomic mass is 10.1. The lowest BCUT2D eigenvalue weighted by molar-refractivity contribution is 0.153. The van der Waals surface area contributed by atoms with Crippen LogP contribution in [-0.4, -0.2) is 36.0 Å². The zero-order valence-electron chi connectivity index (χ0n) is 11.6. The van der Waals surface area contributed by atoms with Gasteiger partial charge in [0.15, 0.2) is 0 Å². The number of aliphatic hydroxyl groups excluding tert-OH is 2. The third-order valence-electron chi connectivity index (χ3n) is 3.08. The van der Waals surface area contributed by atoms with E-state index in [0.717, 1.165) is 19.4 Å². The summed E-state index contributed by atoms with van der Waals surface area (Å²) >= 11 is 0. The smallest absolute Gasteiger partial charge is 0.0664 e. The molecule has 0 heterocycles. The second kappa shape index (κ2) is 12.3. The number of hydrogen-bond donors (Lipinski definition) is 3. The summed E-state index contributed by atoms with van der Waals surface area (Å²) in [5.41, 5.74) is 0. The van der Waals surface area contributed by atoms with Gasteiger partial charge in [-0.25, -0.2) is 0 Å². The summed E-state index contributed by atoms with van der Waals surface area (Å²) in [5.74, 6) is 0.274. The van der Waals surface area contributed by atoms with Gasteiger partial charge < -0.3 is 15.5 Å². The van der Waals surface area contributed by atoms with Crippen molar-refractivity contribution in [3.63, 3.8) is 0 Å². The van der Waals surface area contributed by atoms with Crippen LogP contribution in [0.25, 0.3) is 0 Å². The molecule has 0 spiro atoms. The van der Waals surface area contributed by atoms with Crippen LogP contribution in [0.2, 0.25) is 0 Å². The van der Waals surface area contributed by atoms with Gasteiger partial charge in [-0.05, 0) is 18.9 Å². The normalized spacial score (nSPS) is 14.8. The van der Waals surface area contributed by atoms with E-state index in [-0.39, 0.29) is 18.6 Å². The first-order chi connectivity index (χ1) is 8.20. The molecule has 3 N–H and O–H groups in total. The van der Waals surface area contributed by atoms with Crippen LogP contribution in [0.3, 0.4) is 0 Å². The van der Waals surface area contributed by atoms with Crippen LogP contribution in [0.1, 0.15) is 58.8 Å². The van der Waals surface area contributed by atoms with Crippen LogP contribution in [-0.2, 0) is 0 Å². The number of unbranched alkanes of at least 4 members (excludes halogenated alkanes) is 5. The van der Waals surface area contributed by atoms with Crippen molar-refractivity contribution in [3.05, 3.63) is 0 Å². The minimum absolute atomic E-state index is 0.209. The highest BCUT2D eigenvalue weighted by Gasteiger charge is 2.04. The van der Waals surface area contributed by atoms with E-state index >= 15 is 0 Å². The summed E-state index contributed by atoms with van der Waals surface area (Å²) in [4.78, 5) is 0. The molecule has 2 atom stereocenters. The quantitative estimate of drug-likeness (QED) is 0.463. The summed E-state index contributed by atoms with van der Waals surface area (Å²) in [6.45, 7) is 5.86. The van der Waals surface area contributed by atoms with Crippen molar-refractivity contribution in [2.45, 2.75) is 64.9 Å². The van der Waals surface area contributed by atoms with E-state index in [0.29, 0.717) is 6.54 Å². The second-order valence-corrected chi connectivity index (χ2v) is 5.16. The highest BCUT2D eigenvalue weighted by atomic mass is 16.3. The van der Waals surface area contributed by atoms with E-state index in [1.165, 1.54) is 32.1 Å². The van der Waals surface area contributed by atoms with Crippen molar-refractivity contribution in [1.82, 2.24) is 5.32 Å². The van der Waals surface area contributed by atoms with E-state index < -0.39 is 0 Å². The van der Waals surface area contributed by atoms with Gasteiger partial charge in [0.1, 0.15) is 0 Å². The van der Waals surface area contributed by atoms with Crippen LogP contribution in [0.15, 0.2) is 0 Å². The van der Waals surface area contributed by atoms with Crippen molar-refractivity contribution in [2.75, 3.05) is 19.7 Å². The van der Waals surface area contributed by atoms with Gasteiger partial charge in [-0.1, -0.05) is 52.4 Å². The maximum atomic E-state index is 9.71. The Labute approximate surface area is 107 Å². The minimum Gasteiger partial charge on any atom is -0.396 e. The van der Waals surface area contributed by atoms with Crippen LogP contribution >= 0.6 is 0 Å². The molecule has 0 rings (SSSR count). The Morgan fingerprint density at radius 2 is 1.65 bits per heavy atom. The summed E-state index contributed by atoms with van der Waals surface area (Å²) in [6, 6.07) is 0. The van der Waals surface area contributed by atoms with Crippen LogP contribution in [0.5, 0.6) is 0 Å². The average molecular weight is 245 g/mol. The lowest BCUT2D eigenvalue weighted by Gasteiger charge is -2.13. The van der Waals surface area contributed by atoms with Crippen molar-refractivity contribution in [3.8, 4) is 0 Å². The number of aliphatic hydroxyl groups is 2. The second-order valence-electron chi connectivity index (χ2n) is 5.16. The molecule has 0 aromatic carbocycles. The van der Waals surface area contributed by atoms with Gasteiger partial charge in [0, 0.05) is 13.2 Å². The first-order valence-electron chi connectivity index (χ1n) is 7.20. The fourth-order valence-electron chi connectivity index (χ4n) is 1.82. The van der Waals surface area contributed by atoms with Crippen molar-refractivity contribution in [1.29, 1.82) is 0 Å². The molecule has 0 saturated carbocycles.